The predicted molar refractivity (Wildman–Crippen MR) is 117 cm³/mol. The average Bonchev–Trinajstić information content (AvgIpc) is 3.39. The number of nitrogens with zero attached hydrogens (tertiary/aromatic N) is 2. The second-order valence-electron chi connectivity index (χ2n) is 7.28. The van der Waals surface area contributed by atoms with Crippen LogP contribution in [0, 0.1) is 13.8 Å². The molecule has 2 heterocycles. The van der Waals surface area contributed by atoms with E-state index in [1.54, 1.807) is 4.90 Å². The molecule has 1 aliphatic rings. The van der Waals surface area contributed by atoms with Gasteiger partial charge < -0.3 is 9.47 Å². The maximum absolute atomic E-state index is 13.1. The second-order valence-corrected chi connectivity index (χ2v) is 8.66. The number of amides is 1. The van der Waals surface area contributed by atoms with Crippen molar-refractivity contribution in [3.8, 4) is 5.75 Å². The van der Waals surface area contributed by atoms with Crippen molar-refractivity contribution in [3.05, 3.63) is 52.5 Å². The van der Waals surface area contributed by atoms with E-state index in [-0.39, 0.29) is 18.6 Å². The van der Waals surface area contributed by atoms with Gasteiger partial charge in [-0.15, -0.1) is 0 Å². The zero-order valence-corrected chi connectivity index (χ0v) is 18.1. The molecule has 1 saturated heterocycles. The van der Waals surface area contributed by atoms with Gasteiger partial charge in [0.25, 0.3) is 5.91 Å². The number of aromatic nitrogens is 1. The van der Waals surface area contributed by atoms with Crippen molar-refractivity contribution in [2.45, 2.75) is 32.8 Å². The summed E-state index contributed by atoms with van der Waals surface area (Å²) in [5.41, 5.74) is 3.01. The van der Waals surface area contributed by atoms with Crippen molar-refractivity contribution < 1.29 is 14.3 Å². The number of anilines is 1. The molecule has 1 fully saturated rings. The Labute approximate surface area is 179 Å². The monoisotopic (exact) mass is 430 g/mol. The summed E-state index contributed by atoms with van der Waals surface area (Å²) >= 11 is 7.80. The number of carbonyl (C=O) groups is 1. The molecule has 2 aromatic carbocycles. The highest BCUT2D eigenvalue weighted by molar-refractivity contribution is 7.23. The Morgan fingerprint density at radius 2 is 2.07 bits per heavy atom. The van der Waals surface area contributed by atoms with Crippen LogP contribution in [0.25, 0.3) is 10.2 Å². The number of halogens is 1. The van der Waals surface area contributed by atoms with E-state index in [4.69, 9.17) is 26.1 Å². The van der Waals surface area contributed by atoms with E-state index in [1.807, 2.05) is 50.2 Å². The van der Waals surface area contributed by atoms with Crippen LogP contribution in [0.3, 0.4) is 0 Å². The second kappa shape index (κ2) is 8.69. The number of aryl methyl sites for hydroxylation is 2. The van der Waals surface area contributed by atoms with Crippen molar-refractivity contribution in [3.63, 3.8) is 0 Å². The molecular formula is C22H23ClN2O3S. The van der Waals surface area contributed by atoms with Crippen LogP contribution < -0.4 is 9.64 Å². The van der Waals surface area contributed by atoms with Crippen molar-refractivity contribution >= 4 is 44.2 Å². The van der Waals surface area contributed by atoms with E-state index in [9.17, 15) is 4.79 Å². The smallest absolute Gasteiger partial charge is 0.266 e. The molecule has 1 aromatic heterocycles. The van der Waals surface area contributed by atoms with Crippen LogP contribution in [0.1, 0.15) is 24.0 Å². The van der Waals surface area contributed by atoms with Gasteiger partial charge in [-0.1, -0.05) is 46.7 Å². The number of rotatable bonds is 6. The largest absolute Gasteiger partial charge is 0.484 e. The summed E-state index contributed by atoms with van der Waals surface area (Å²) in [7, 11) is 0. The lowest BCUT2D eigenvalue weighted by atomic mass is 10.2. The summed E-state index contributed by atoms with van der Waals surface area (Å²) in [5.74, 6) is 0.526. The van der Waals surface area contributed by atoms with E-state index in [1.165, 1.54) is 11.3 Å². The molecule has 1 aliphatic heterocycles. The van der Waals surface area contributed by atoms with Crippen LogP contribution in [-0.4, -0.2) is 36.8 Å². The highest BCUT2D eigenvalue weighted by atomic mass is 35.5. The zero-order valence-electron chi connectivity index (χ0n) is 16.5. The van der Waals surface area contributed by atoms with Gasteiger partial charge in [0.2, 0.25) is 0 Å². The molecule has 0 saturated carbocycles. The summed E-state index contributed by atoms with van der Waals surface area (Å²) in [6, 6.07) is 11.5. The SMILES string of the molecule is Cc1ccc(OCC(=O)N(CC2CCCO2)c2nc3c(C)ccc(Cl)c3s2)cc1. The van der Waals surface area contributed by atoms with Gasteiger partial charge in [-0.25, -0.2) is 4.98 Å². The molecule has 0 radical (unpaired) electrons. The standard InChI is InChI=1S/C22H23ClN2O3S/c1-14-5-8-16(9-6-14)28-13-19(26)25(12-17-4-3-11-27-17)22-24-20-15(2)7-10-18(23)21(20)29-22/h5-10,17H,3-4,11-13H2,1-2H3. The first kappa shape index (κ1) is 20.1. The normalized spacial score (nSPS) is 16.3. The molecule has 7 heteroatoms. The third-order valence-corrected chi connectivity index (χ3v) is 6.55. The van der Waals surface area contributed by atoms with Crippen LogP contribution in [0.15, 0.2) is 36.4 Å². The Hall–Kier alpha value is -2.15. The Morgan fingerprint density at radius 1 is 1.28 bits per heavy atom. The molecule has 1 amide bonds. The summed E-state index contributed by atoms with van der Waals surface area (Å²) in [6.45, 7) is 5.15. The highest BCUT2D eigenvalue weighted by Gasteiger charge is 2.27. The van der Waals surface area contributed by atoms with Crippen molar-refractivity contribution in [1.82, 2.24) is 4.98 Å². The molecule has 1 unspecified atom stereocenters. The summed E-state index contributed by atoms with van der Waals surface area (Å²) in [6.07, 6.45) is 1.96. The first-order valence-electron chi connectivity index (χ1n) is 9.68. The molecule has 0 spiro atoms. The fraction of sp³-hybridized carbons (Fsp3) is 0.364. The molecule has 0 N–H and O–H groups in total. The zero-order chi connectivity index (χ0) is 20.4. The van der Waals surface area contributed by atoms with Crippen molar-refractivity contribution in [2.75, 3.05) is 24.7 Å². The molecule has 4 rings (SSSR count). The van der Waals surface area contributed by atoms with Crippen molar-refractivity contribution in [1.29, 1.82) is 0 Å². The quantitative estimate of drug-likeness (QED) is 0.542. The molecule has 0 aliphatic carbocycles. The molecular weight excluding hydrogens is 408 g/mol. The van der Waals surface area contributed by atoms with Crippen LogP contribution in [-0.2, 0) is 9.53 Å². The first-order valence-corrected chi connectivity index (χ1v) is 10.9. The minimum absolute atomic E-state index is 0.0157. The number of benzene rings is 2. The summed E-state index contributed by atoms with van der Waals surface area (Å²) < 4.78 is 12.4. The lowest BCUT2D eigenvalue weighted by Gasteiger charge is -2.23. The predicted octanol–water partition coefficient (Wildman–Crippen LogP) is 5.16. The van der Waals surface area contributed by atoms with Crippen LogP contribution >= 0.6 is 22.9 Å². The Morgan fingerprint density at radius 3 is 2.76 bits per heavy atom. The molecule has 152 valence electrons. The van der Waals surface area contributed by atoms with Gasteiger partial charge in [0.1, 0.15) is 5.75 Å². The molecule has 5 nitrogen and oxygen atoms in total. The minimum atomic E-state index is -0.145. The van der Waals surface area contributed by atoms with E-state index >= 15 is 0 Å². The third-order valence-electron chi connectivity index (χ3n) is 5.01. The first-order chi connectivity index (χ1) is 14.0. The van der Waals surface area contributed by atoms with Crippen LogP contribution in [0.5, 0.6) is 5.75 Å². The number of thiazole rings is 1. The topological polar surface area (TPSA) is 51.7 Å². The maximum Gasteiger partial charge on any atom is 0.266 e. The maximum atomic E-state index is 13.1. The van der Waals surface area contributed by atoms with E-state index in [2.05, 4.69) is 0 Å². The molecule has 29 heavy (non-hydrogen) atoms. The average molecular weight is 431 g/mol. The number of hydrogen-bond acceptors (Lipinski definition) is 5. The van der Waals surface area contributed by atoms with Crippen LogP contribution in [0.4, 0.5) is 5.13 Å². The summed E-state index contributed by atoms with van der Waals surface area (Å²) in [5, 5.41) is 1.28. The van der Waals surface area contributed by atoms with Crippen LogP contribution in [0.2, 0.25) is 5.02 Å². The lowest BCUT2D eigenvalue weighted by Crippen LogP contribution is -2.40. The minimum Gasteiger partial charge on any atom is -0.484 e. The number of carbonyl (C=O) groups excluding carboxylic acids is 1. The van der Waals surface area contributed by atoms with Gasteiger partial charge in [-0.3, -0.25) is 9.69 Å². The van der Waals surface area contributed by atoms with Gasteiger partial charge in [0.05, 0.1) is 27.9 Å². The van der Waals surface area contributed by atoms with Gasteiger partial charge in [0, 0.05) is 6.61 Å². The van der Waals surface area contributed by atoms with Crippen molar-refractivity contribution in [2.24, 2.45) is 0 Å². The molecule has 0 bridgehead atoms. The fourth-order valence-corrected chi connectivity index (χ4v) is 4.69. The fourth-order valence-electron chi connectivity index (χ4n) is 3.34. The number of fused-ring (bicyclic) bond motifs is 1. The number of ether oxygens (including phenoxy) is 2. The molecule has 3 aromatic rings. The Kier molecular flexibility index (Phi) is 6.04. The lowest BCUT2D eigenvalue weighted by molar-refractivity contribution is -0.120. The van der Waals surface area contributed by atoms with Gasteiger partial charge in [0.15, 0.2) is 11.7 Å². The Bertz CT molecular complexity index is 974. The van der Waals surface area contributed by atoms with E-state index in [0.29, 0.717) is 22.4 Å². The van der Waals surface area contributed by atoms with Gasteiger partial charge in [-0.05, 0) is 50.5 Å². The molecule has 1 atom stereocenters. The summed E-state index contributed by atoms with van der Waals surface area (Å²) in [4.78, 5) is 19.5. The van der Waals surface area contributed by atoms with E-state index in [0.717, 1.165) is 40.8 Å². The highest BCUT2D eigenvalue weighted by Crippen LogP contribution is 2.36. The van der Waals surface area contributed by atoms with Gasteiger partial charge >= 0.3 is 0 Å². The third kappa shape index (κ3) is 4.55. The van der Waals surface area contributed by atoms with E-state index < -0.39 is 0 Å². The number of hydrogen-bond donors (Lipinski definition) is 0. The van der Waals surface area contributed by atoms with Gasteiger partial charge in [-0.2, -0.15) is 0 Å². The Balaban J connectivity index is 1.58.